The van der Waals surface area contributed by atoms with Gasteiger partial charge < -0.3 is 14.4 Å². The minimum absolute atomic E-state index is 0.202. The molecule has 7 heteroatoms. The van der Waals surface area contributed by atoms with Crippen molar-refractivity contribution in [3.05, 3.63) is 35.1 Å². The molecule has 2 heterocycles. The zero-order valence-electron chi connectivity index (χ0n) is 11.5. The number of aliphatic hydroxyl groups excluding tert-OH is 1. The maximum absolute atomic E-state index is 12.2. The third-order valence-corrected chi connectivity index (χ3v) is 3.44. The van der Waals surface area contributed by atoms with Crippen LogP contribution in [0, 0.1) is 11.8 Å². The van der Waals surface area contributed by atoms with Gasteiger partial charge in [-0.15, -0.1) is 0 Å². The van der Waals surface area contributed by atoms with E-state index in [0.717, 1.165) is 0 Å². The molecule has 2 N–H and O–H groups in total. The molecule has 2 aromatic rings. The number of aliphatic hydroxyl groups is 1. The fourth-order valence-electron chi connectivity index (χ4n) is 1.68. The van der Waals surface area contributed by atoms with Crippen LogP contribution < -0.4 is 5.32 Å². The number of ether oxygens (including phenoxy) is 1. The van der Waals surface area contributed by atoms with Gasteiger partial charge in [-0.1, -0.05) is 23.2 Å². The third kappa shape index (κ3) is 4.16. The first-order valence-corrected chi connectivity index (χ1v) is 7.07. The number of aromatic nitrogens is 2. The van der Waals surface area contributed by atoms with Gasteiger partial charge >= 0.3 is 0 Å². The molecule has 110 valence electrons. The molecule has 0 fully saturated rings. The Balaban J connectivity index is 2.04. The lowest BCUT2D eigenvalue weighted by atomic mass is 10.4. The highest BCUT2D eigenvalue weighted by atomic mass is 32.1. The third-order valence-electron chi connectivity index (χ3n) is 2.62. The molecule has 21 heavy (non-hydrogen) atoms. The maximum Gasteiger partial charge on any atom is 0.274 e. The number of rotatable bonds is 5. The monoisotopic (exact) mass is 305 g/mol. The Morgan fingerprint density at radius 1 is 1.62 bits per heavy atom. The molecule has 1 amide bonds. The number of thiazole rings is 1. The number of hydrogen-bond donors (Lipinski definition) is 2. The normalized spacial score (nSPS) is 10.0. The topological polar surface area (TPSA) is 76.4 Å². The van der Waals surface area contributed by atoms with E-state index in [1.165, 1.54) is 11.3 Å². The van der Waals surface area contributed by atoms with Gasteiger partial charge in [-0.2, -0.15) is 0 Å². The van der Waals surface area contributed by atoms with Crippen LogP contribution in [0.3, 0.4) is 0 Å². The van der Waals surface area contributed by atoms with Gasteiger partial charge in [-0.25, -0.2) is 4.98 Å². The lowest BCUT2D eigenvalue weighted by Crippen LogP contribution is -2.17. The second-order valence-corrected chi connectivity index (χ2v) is 5.05. The van der Waals surface area contributed by atoms with Crippen molar-refractivity contribution in [1.29, 1.82) is 0 Å². The van der Waals surface area contributed by atoms with Crippen molar-refractivity contribution in [1.82, 2.24) is 9.55 Å². The van der Waals surface area contributed by atoms with E-state index in [2.05, 4.69) is 22.1 Å². The van der Waals surface area contributed by atoms with Crippen molar-refractivity contribution >= 4 is 22.4 Å². The molecule has 0 aliphatic carbocycles. The highest BCUT2D eigenvalue weighted by molar-refractivity contribution is 7.16. The number of amides is 1. The predicted molar refractivity (Wildman–Crippen MR) is 80.3 cm³/mol. The average molecular weight is 305 g/mol. The molecule has 0 aromatic carbocycles. The van der Waals surface area contributed by atoms with E-state index in [1.807, 2.05) is 16.8 Å². The van der Waals surface area contributed by atoms with Gasteiger partial charge in [0.1, 0.15) is 12.3 Å². The highest BCUT2D eigenvalue weighted by Gasteiger charge is 2.12. The summed E-state index contributed by atoms with van der Waals surface area (Å²) in [7, 11) is 1.62. The Morgan fingerprint density at radius 2 is 2.48 bits per heavy atom. The molecule has 0 unspecified atom stereocenters. The summed E-state index contributed by atoms with van der Waals surface area (Å²) >= 11 is 1.26. The molecule has 0 saturated carbocycles. The van der Waals surface area contributed by atoms with Crippen LogP contribution in [0.15, 0.2) is 24.5 Å². The van der Waals surface area contributed by atoms with Crippen LogP contribution in [0.2, 0.25) is 0 Å². The van der Waals surface area contributed by atoms with E-state index < -0.39 is 0 Å². The summed E-state index contributed by atoms with van der Waals surface area (Å²) in [5.41, 5.74) is 0.547. The van der Waals surface area contributed by atoms with Crippen molar-refractivity contribution in [2.75, 3.05) is 25.6 Å². The molecule has 0 radical (unpaired) electrons. The first kappa shape index (κ1) is 15.3. The molecule has 0 bridgehead atoms. The number of nitrogens with zero attached hydrogens (tertiary/aromatic N) is 2. The minimum Gasteiger partial charge on any atom is -0.384 e. The lowest BCUT2D eigenvalue weighted by Gasteiger charge is -2.07. The zero-order chi connectivity index (χ0) is 15.1. The van der Waals surface area contributed by atoms with Gasteiger partial charge in [0, 0.05) is 19.9 Å². The molecule has 0 saturated heterocycles. The van der Waals surface area contributed by atoms with Gasteiger partial charge in [0.05, 0.1) is 17.7 Å². The second-order valence-electron chi connectivity index (χ2n) is 4.02. The lowest BCUT2D eigenvalue weighted by molar-refractivity contribution is 0.101. The summed E-state index contributed by atoms with van der Waals surface area (Å²) in [6, 6.07) is 3.55. The van der Waals surface area contributed by atoms with E-state index >= 15 is 0 Å². The van der Waals surface area contributed by atoms with Crippen LogP contribution in [0.5, 0.6) is 0 Å². The molecule has 0 aliphatic rings. The van der Waals surface area contributed by atoms with Crippen LogP contribution in [-0.4, -0.2) is 40.9 Å². The van der Waals surface area contributed by atoms with E-state index in [1.54, 1.807) is 19.4 Å². The Labute approximate surface area is 126 Å². The predicted octanol–water partition coefficient (Wildman–Crippen LogP) is 1.19. The maximum atomic E-state index is 12.2. The van der Waals surface area contributed by atoms with Gasteiger partial charge in [0.25, 0.3) is 5.91 Å². The van der Waals surface area contributed by atoms with Crippen LogP contribution in [0.25, 0.3) is 0 Å². The van der Waals surface area contributed by atoms with Crippen molar-refractivity contribution < 1.29 is 14.6 Å². The summed E-state index contributed by atoms with van der Waals surface area (Å²) in [6.07, 6.45) is 3.39. The summed E-state index contributed by atoms with van der Waals surface area (Å²) in [4.78, 5) is 17.0. The van der Waals surface area contributed by atoms with Crippen molar-refractivity contribution in [3.8, 4) is 11.8 Å². The number of methoxy groups -OCH3 is 1. The first-order chi connectivity index (χ1) is 10.2. The SMILES string of the molecule is COCCn1cccc1C(=O)Nc1ncc(C#CCO)s1. The van der Waals surface area contributed by atoms with E-state index in [-0.39, 0.29) is 12.5 Å². The fourth-order valence-corrected chi connectivity index (χ4v) is 2.37. The standard InChI is InChI=1S/C14H15N3O3S/c1-20-9-7-17-6-2-5-12(17)13(19)16-14-15-10-11(21-14)4-3-8-18/h2,5-6,10,18H,7-9H2,1H3,(H,15,16,19). The van der Waals surface area contributed by atoms with Crippen molar-refractivity contribution in [3.63, 3.8) is 0 Å². The molecule has 2 rings (SSSR count). The molecule has 0 atom stereocenters. The summed E-state index contributed by atoms with van der Waals surface area (Å²) < 4.78 is 6.83. The zero-order valence-corrected chi connectivity index (χ0v) is 12.3. The Morgan fingerprint density at radius 3 is 3.24 bits per heavy atom. The largest absolute Gasteiger partial charge is 0.384 e. The van der Waals surface area contributed by atoms with E-state index in [4.69, 9.17) is 9.84 Å². The van der Waals surface area contributed by atoms with E-state index in [0.29, 0.717) is 28.9 Å². The fraction of sp³-hybridized carbons (Fsp3) is 0.286. The van der Waals surface area contributed by atoms with Crippen LogP contribution in [-0.2, 0) is 11.3 Å². The second kappa shape index (κ2) is 7.59. The van der Waals surface area contributed by atoms with Gasteiger partial charge in [-0.3, -0.25) is 10.1 Å². The summed E-state index contributed by atoms with van der Waals surface area (Å²) in [5, 5.41) is 11.8. The van der Waals surface area contributed by atoms with Gasteiger partial charge in [0.15, 0.2) is 5.13 Å². The molecule has 0 spiro atoms. The van der Waals surface area contributed by atoms with Crippen LogP contribution in [0.1, 0.15) is 15.4 Å². The van der Waals surface area contributed by atoms with Gasteiger partial charge in [0.2, 0.25) is 0 Å². The Hall–Kier alpha value is -2.14. The molecule has 2 aromatic heterocycles. The average Bonchev–Trinajstić information content (AvgIpc) is 3.11. The highest BCUT2D eigenvalue weighted by Crippen LogP contribution is 2.18. The molecule has 0 aliphatic heterocycles. The minimum atomic E-state index is -0.230. The number of nitrogens with one attached hydrogen (secondary N) is 1. The molecule has 6 nitrogen and oxygen atoms in total. The number of anilines is 1. The summed E-state index contributed by atoms with van der Waals surface area (Å²) in [5.74, 6) is 5.05. The number of carbonyl (C=O) groups excluding carboxylic acids is 1. The van der Waals surface area contributed by atoms with Crippen molar-refractivity contribution in [2.24, 2.45) is 0 Å². The molecular formula is C14H15N3O3S. The van der Waals surface area contributed by atoms with Gasteiger partial charge in [-0.05, 0) is 12.1 Å². The Bertz CT molecular complexity index is 666. The first-order valence-electron chi connectivity index (χ1n) is 6.25. The summed E-state index contributed by atoms with van der Waals surface area (Å²) in [6.45, 7) is 0.942. The van der Waals surface area contributed by atoms with Crippen LogP contribution >= 0.6 is 11.3 Å². The number of hydrogen-bond acceptors (Lipinski definition) is 5. The van der Waals surface area contributed by atoms with E-state index in [9.17, 15) is 4.79 Å². The van der Waals surface area contributed by atoms with Crippen LogP contribution in [0.4, 0.5) is 5.13 Å². The number of carbonyl (C=O) groups is 1. The quantitative estimate of drug-likeness (QED) is 0.814. The smallest absolute Gasteiger partial charge is 0.274 e. The molecular weight excluding hydrogens is 290 g/mol. The van der Waals surface area contributed by atoms with Crippen molar-refractivity contribution in [2.45, 2.75) is 6.54 Å². The Kier molecular flexibility index (Phi) is 5.51.